The lowest BCUT2D eigenvalue weighted by Crippen LogP contribution is -2.19. The van der Waals surface area contributed by atoms with E-state index < -0.39 is 0 Å². The number of nitrogens with one attached hydrogen (secondary N) is 1. The lowest BCUT2D eigenvalue weighted by atomic mass is 10.2. The molecule has 1 aromatic rings. The predicted octanol–water partition coefficient (Wildman–Crippen LogP) is 3.24. The highest BCUT2D eigenvalue weighted by atomic mass is 15.0. The summed E-state index contributed by atoms with van der Waals surface area (Å²) < 4.78 is 0. The summed E-state index contributed by atoms with van der Waals surface area (Å²) in [5, 5.41) is 3.17. The zero-order valence-corrected chi connectivity index (χ0v) is 10.2. The summed E-state index contributed by atoms with van der Waals surface area (Å²) >= 11 is 0. The Morgan fingerprint density at radius 1 is 1.20 bits per heavy atom. The van der Waals surface area contributed by atoms with Gasteiger partial charge in [0.05, 0.1) is 12.4 Å². The van der Waals surface area contributed by atoms with Gasteiger partial charge in [-0.05, 0) is 19.4 Å². The number of nitrogens with zero attached hydrogens (tertiary/aromatic N) is 1. The van der Waals surface area contributed by atoms with Gasteiger partial charge in [-0.2, -0.15) is 0 Å². The van der Waals surface area contributed by atoms with Crippen molar-refractivity contribution >= 4 is 5.84 Å². The molecule has 1 rings (SSSR count). The molecule has 1 aromatic carbocycles. The van der Waals surface area contributed by atoms with Crippen molar-refractivity contribution < 1.29 is 0 Å². The first kappa shape index (κ1) is 13.7. The second-order valence-corrected chi connectivity index (χ2v) is 2.92. The van der Waals surface area contributed by atoms with E-state index in [1.165, 1.54) is 5.56 Å². The molecule has 84 valence electrons. The maximum Gasteiger partial charge on any atom is 0.0935 e. The van der Waals surface area contributed by atoms with Gasteiger partial charge in [0.25, 0.3) is 0 Å². The first-order valence-corrected chi connectivity index (χ1v) is 5.61. The van der Waals surface area contributed by atoms with Gasteiger partial charge in [-0.3, -0.25) is 4.99 Å². The van der Waals surface area contributed by atoms with Crippen molar-refractivity contribution in [3.8, 4) is 0 Å². The summed E-state index contributed by atoms with van der Waals surface area (Å²) in [5.74, 6) is 1.01. The molecule has 0 aliphatic carbocycles. The molecule has 0 amide bonds. The van der Waals surface area contributed by atoms with Gasteiger partial charge < -0.3 is 5.32 Å². The summed E-state index contributed by atoms with van der Waals surface area (Å²) in [6.07, 6.45) is 0. The van der Waals surface area contributed by atoms with Crippen LogP contribution in [0.15, 0.2) is 35.3 Å². The summed E-state index contributed by atoms with van der Waals surface area (Å²) in [6, 6.07) is 10.3. The maximum atomic E-state index is 4.39. The second-order valence-electron chi connectivity index (χ2n) is 2.92. The van der Waals surface area contributed by atoms with Crippen LogP contribution in [0.5, 0.6) is 0 Å². The first-order valence-electron chi connectivity index (χ1n) is 5.61. The molecule has 0 radical (unpaired) electrons. The summed E-state index contributed by atoms with van der Waals surface area (Å²) in [7, 11) is 0. The topological polar surface area (TPSA) is 24.4 Å². The van der Waals surface area contributed by atoms with Crippen LogP contribution in [0.2, 0.25) is 0 Å². The quantitative estimate of drug-likeness (QED) is 0.596. The fraction of sp³-hybridized carbons (Fsp3) is 0.462. The third-order valence-corrected chi connectivity index (χ3v) is 1.77. The molecule has 2 nitrogen and oxygen atoms in total. The molecule has 0 bridgehead atoms. The molecular formula is C13H22N2. The monoisotopic (exact) mass is 206 g/mol. The highest BCUT2D eigenvalue weighted by Crippen LogP contribution is 1.99. The van der Waals surface area contributed by atoms with Crippen molar-refractivity contribution in [2.45, 2.75) is 34.2 Å². The van der Waals surface area contributed by atoms with Gasteiger partial charge in [0.15, 0.2) is 0 Å². The van der Waals surface area contributed by atoms with Gasteiger partial charge in [-0.25, -0.2) is 0 Å². The first-order chi connectivity index (χ1) is 7.33. The average Bonchev–Trinajstić information content (AvgIpc) is 2.31. The van der Waals surface area contributed by atoms with Crippen molar-refractivity contribution in [1.82, 2.24) is 5.32 Å². The van der Waals surface area contributed by atoms with E-state index in [-0.39, 0.29) is 0 Å². The zero-order chi connectivity index (χ0) is 11.5. The van der Waals surface area contributed by atoms with Gasteiger partial charge >= 0.3 is 0 Å². The highest BCUT2D eigenvalue weighted by molar-refractivity contribution is 5.79. The summed E-state index contributed by atoms with van der Waals surface area (Å²) in [6.45, 7) is 9.76. The number of amidine groups is 1. The van der Waals surface area contributed by atoms with Crippen molar-refractivity contribution in [3.63, 3.8) is 0 Å². The average molecular weight is 206 g/mol. The van der Waals surface area contributed by atoms with Crippen LogP contribution in [0, 0.1) is 0 Å². The highest BCUT2D eigenvalue weighted by Gasteiger charge is 1.89. The zero-order valence-electron chi connectivity index (χ0n) is 10.2. The molecule has 0 aliphatic rings. The largest absolute Gasteiger partial charge is 0.374 e. The minimum Gasteiger partial charge on any atom is -0.374 e. The van der Waals surface area contributed by atoms with E-state index in [0.29, 0.717) is 0 Å². The Morgan fingerprint density at radius 3 is 2.33 bits per heavy atom. The van der Waals surface area contributed by atoms with Crippen LogP contribution in [0.1, 0.15) is 33.3 Å². The Kier molecular flexibility index (Phi) is 8.44. The minimum atomic E-state index is 0.764. The molecule has 0 aliphatic heterocycles. The van der Waals surface area contributed by atoms with Crippen molar-refractivity contribution in [1.29, 1.82) is 0 Å². The molecule has 15 heavy (non-hydrogen) atoms. The van der Waals surface area contributed by atoms with Crippen LogP contribution in [-0.4, -0.2) is 12.4 Å². The van der Waals surface area contributed by atoms with E-state index in [9.17, 15) is 0 Å². The van der Waals surface area contributed by atoms with Crippen LogP contribution < -0.4 is 5.32 Å². The number of benzene rings is 1. The van der Waals surface area contributed by atoms with E-state index in [0.717, 1.165) is 18.9 Å². The Bertz CT molecular complexity index is 265. The van der Waals surface area contributed by atoms with Gasteiger partial charge in [-0.1, -0.05) is 44.2 Å². The van der Waals surface area contributed by atoms with Crippen LogP contribution in [0.4, 0.5) is 0 Å². The summed E-state index contributed by atoms with van der Waals surface area (Å²) in [4.78, 5) is 4.39. The number of rotatable bonds is 3. The fourth-order valence-electron chi connectivity index (χ4n) is 1.11. The third kappa shape index (κ3) is 6.72. The second kappa shape index (κ2) is 9.25. The lowest BCUT2D eigenvalue weighted by Gasteiger charge is -2.01. The molecule has 0 unspecified atom stereocenters. The minimum absolute atomic E-state index is 0.764. The fourth-order valence-corrected chi connectivity index (χ4v) is 1.11. The van der Waals surface area contributed by atoms with Crippen molar-refractivity contribution in [2.24, 2.45) is 4.99 Å². The van der Waals surface area contributed by atoms with Crippen molar-refractivity contribution in [2.75, 3.05) is 6.54 Å². The summed E-state index contributed by atoms with van der Waals surface area (Å²) in [5.41, 5.74) is 1.25. The molecule has 0 saturated heterocycles. The Labute approximate surface area is 93.4 Å². The van der Waals surface area contributed by atoms with E-state index in [1.54, 1.807) is 0 Å². The predicted molar refractivity (Wildman–Crippen MR) is 68.3 cm³/mol. The SMILES string of the molecule is CC.CCNC(C)=NCc1ccccc1. The van der Waals surface area contributed by atoms with Crippen LogP contribution in [0.3, 0.4) is 0 Å². The molecule has 2 heteroatoms. The smallest absolute Gasteiger partial charge is 0.0935 e. The molecule has 0 fully saturated rings. The maximum absolute atomic E-state index is 4.39. The standard InChI is InChI=1S/C11H16N2.C2H6/c1-3-12-10(2)13-9-11-7-5-4-6-8-11;1-2/h4-8H,3,9H2,1-2H3,(H,12,13);1-2H3. The van der Waals surface area contributed by atoms with E-state index in [1.807, 2.05) is 39.0 Å². The van der Waals surface area contributed by atoms with Crippen LogP contribution in [0.25, 0.3) is 0 Å². The van der Waals surface area contributed by atoms with Gasteiger partial charge in [-0.15, -0.1) is 0 Å². The third-order valence-electron chi connectivity index (χ3n) is 1.77. The Hall–Kier alpha value is -1.31. The Morgan fingerprint density at radius 2 is 1.80 bits per heavy atom. The number of aliphatic imine (C=N–C) groups is 1. The molecular weight excluding hydrogens is 184 g/mol. The van der Waals surface area contributed by atoms with E-state index in [4.69, 9.17) is 0 Å². The normalized spacial score (nSPS) is 10.3. The van der Waals surface area contributed by atoms with Gasteiger partial charge in [0, 0.05) is 6.54 Å². The number of hydrogen-bond donors (Lipinski definition) is 1. The molecule has 0 aromatic heterocycles. The van der Waals surface area contributed by atoms with Crippen LogP contribution in [-0.2, 0) is 6.54 Å². The lowest BCUT2D eigenvalue weighted by molar-refractivity contribution is 0.932. The van der Waals surface area contributed by atoms with E-state index in [2.05, 4.69) is 29.4 Å². The van der Waals surface area contributed by atoms with Crippen molar-refractivity contribution in [3.05, 3.63) is 35.9 Å². The number of hydrogen-bond acceptors (Lipinski definition) is 1. The van der Waals surface area contributed by atoms with Crippen LogP contribution >= 0.6 is 0 Å². The molecule has 0 spiro atoms. The molecule has 1 N–H and O–H groups in total. The molecule has 0 saturated carbocycles. The van der Waals surface area contributed by atoms with Gasteiger partial charge in [0.1, 0.15) is 0 Å². The van der Waals surface area contributed by atoms with E-state index >= 15 is 0 Å². The Balaban J connectivity index is 0.000000921. The molecule has 0 heterocycles. The molecule has 0 atom stereocenters. The van der Waals surface area contributed by atoms with Gasteiger partial charge in [0.2, 0.25) is 0 Å².